The maximum Gasteiger partial charge on any atom is 0.206 e. The van der Waals surface area contributed by atoms with Gasteiger partial charge in [-0.2, -0.15) is 0 Å². The summed E-state index contributed by atoms with van der Waals surface area (Å²) in [5.74, 6) is 1.52. The molecule has 1 rings (SSSR count). The molecule has 0 bridgehead atoms. The lowest BCUT2D eigenvalue weighted by Gasteiger charge is -2.16. The first-order valence-corrected chi connectivity index (χ1v) is 5.72. The van der Waals surface area contributed by atoms with E-state index in [-0.39, 0.29) is 20.4 Å². The fraction of sp³-hybridized carbons (Fsp3) is 0.538. The Bertz CT molecular complexity index is 350. The van der Waals surface area contributed by atoms with Crippen LogP contribution in [0.3, 0.4) is 0 Å². The quantitative estimate of drug-likeness (QED) is 0.640. The molecule has 0 radical (unpaired) electrons. The summed E-state index contributed by atoms with van der Waals surface area (Å²) in [7, 11) is 4.64. The summed E-state index contributed by atoms with van der Waals surface area (Å²) in [6.45, 7) is 2.27. The normalized spacial score (nSPS) is 10.3. The second-order valence-electron chi connectivity index (χ2n) is 3.74. The summed E-state index contributed by atoms with van der Waals surface area (Å²) >= 11 is 0. The molecule has 1 aromatic rings. The van der Waals surface area contributed by atoms with Gasteiger partial charge in [0.15, 0.2) is 31.9 Å². The fourth-order valence-corrected chi connectivity index (χ4v) is 1.43. The average molecular weight is 272 g/mol. The Labute approximate surface area is 113 Å². The van der Waals surface area contributed by atoms with Crippen molar-refractivity contribution in [3.05, 3.63) is 17.7 Å². The maximum atomic E-state index is 5.48. The van der Waals surface area contributed by atoms with Gasteiger partial charge in [-0.3, -0.25) is 0 Å². The van der Waals surface area contributed by atoms with Gasteiger partial charge in [0.2, 0.25) is 5.75 Å². The Morgan fingerprint density at radius 3 is 1.58 bits per heavy atom. The number of methoxy groups -OCH3 is 3. The highest BCUT2D eigenvalue weighted by Crippen LogP contribution is 2.38. The number of aryl methyl sites for hydroxylation is 1. The van der Waals surface area contributed by atoms with Crippen LogP contribution in [0, 0.1) is 6.92 Å². The molecule has 0 atom stereocenters. The molecule has 0 unspecified atom stereocenters. The Balaban J connectivity index is 2.99. The molecule has 0 heterocycles. The van der Waals surface area contributed by atoms with E-state index in [9.17, 15) is 0 Å². The van der Waals surface area contributed by atoms with Gasteiger partial charge in [-0.25, -0.2) is 0 Å². The van der Waals surface area contributed by atoms with Gasteiger partial charge in [0, 0.05) is 21.3 Å². The van der Waals surface area contributed by atoms with Crippen molar-refractivity contribution in [1.29, 1.82) is 0 Å². The third-order valence-corrected chi connectivity index (χ3v) is 2.15. The van der Waals surface area contributed by atoms with Gasteiger partial charge in [0.05, 0.1) is 0 Å². The Hall–Kier alpha value is -1.50. The van der Waals surface area contributed by atoms with Crippen molar-refractivity contribution in [3.63, 3.8) is 0 Å². The molecule has 0 aliphatic carbocycles. The maximum absolute atomic E-state index is 5.48. The van der Waals surface area contributed by atoms with Crippen LogP contribution in [-0.2, 0) is 14.2 Å². The predicted octanol–water partition coefficient (Wildman–Crippen LogP) is 1.94. The van der Waals surface area contributed by atoms with Crippen LogP contribution >= 0.6 is 0 Å². The summed E-state index contributed by atoms with van der Waals surface area (Å²) in [4.78, 5) is 0. The van der Waals surface area contributed by atoms with Crippen molar-refractivity contribution in [2.75, 3.05) is 41.7 Å². The summed E-state index contributed by atoms with van der Waals surface area (Å²) in [5, 5.41) is 0. The molecule has 0 saturated heterocycles. The number of hydrogen-bond acceptors (Lipinski definition) is 6. The first-order valence-electron chi connectivity index (χ1n) is 5.72. The van der Waals surface area contributed by atoms with Crippen LogP contribution in [0.1, 0.15) is 5.56 Å². The predicted molar refractivity (Wildman–Crippen MR) is 68.7 cm³/mol. The van der Waals surface area contributed by atoms with Gasteiger partial charge in [-0.15, -0.1) is 0 Å². The lowest BCUT2D eigenvalue weighted by Crippen LogP contribution is -2.08. The van der Waals surface area contributed by atoms with Crippen LogP contribution in [0.5, 0.6) is 17.2 Å². The van der Waals surface area contributed by atoms with Crippen LogP contribution in [0.25, 0.3) is 0 Å². The number of ether oxygens (including phenoxy) is 6. The zero-order chi connectivity index (χ0) is 14.1. The van der Waals surface area contributed by atoms with Gasteiger partial charge >= 0.3 is 0 Å². The van der Waals surface area contributed by atoms with Crippen LogP contribution in [0.2, 0.25) is 0 Å². The molecule has 108 valence electrons. The minimum atomic E-state index is 0.0930. The van der Waals surface area contributed by atoms with E-state index in [4.69, 9.17) is 28.4 Å². The minimum absolute atomic E-state index is 0.0930. The van der Waals surface area contributed by atoms with E-state index in [1.165, 1.54) is 0 Å². The molecule has 19 heavy (non-hydrogen) atoms. The summed E-state index contributed by atoms with van der Waals surface area (Å²) in [6.07, 6.45) is 0. The Kier molecular flexibility index (Phi) is 7.02. The zero-order valence-electron chi connectivity index (χ0n) is 11.7. The molecule has 6 nitrogen and oxygen atoms in total. The third-order valence-electron chi connectivity index (χ3n) is 2.15. The number of hydrogen-bond donors (Lipinski definition) is 0. The second kappa shape index (κ2) is 8.58. The van der Waals surface area contributed by atoms with Crippen molar-refractivity contribution >= 4 is 0 Å². The Morgan fingerprint density at radius 2 is 1.16 bits per heavy atom. The SMILES string of the molecule is COCOc1cc(C)cc(OCOC)c1OCOC. The standard InChI is InChI=1S/C13H20O6/c1-10-5-11(17-7-14-2)13(19-9-16-4)12(6-10)18-8-15-3/h5-6H,7-9H2,1-4H3. The molecular weight excluding hydrogens is 252 g/mol. The van der Waals surface area contributed by atoms with E-state index >= 15 is 0 Å². The first kappa shape index (κ1) is 15.6. The van der Waals surface area contributed by atoms with Crippen LogP contribution in [0.15, 0.2) is 12.1 Å². The molecule has 0 amide bonds. The van der Waals surface area contributed by atoms with Gasteiger partial charge in [-0.1, -0.05) is 0 Å². The largest absolute Gasteiger partial charge is 0.464 e. The van der Waals surface area contributed by atoms with E-state index in [1.54, 1.807) is 21.3 Å². The summed E-state index contributed by atoms with van der Waals surface area (Å²) in [6, 6.07) is 3.67. The topological polar surface area (TPSA) is 55.4 Å². The molecule has 6 heteroatoms. The monoisotopic (exact) mass is 272 g/mol. The summed E-state index contributed by atoms with van der Waals surface area (Å²) < 4.78 is 31.1. The van der Waals surface area contributed by atoms with E-state index in [1.807, 2.05) is 19.1 Å². The first-order chi connectivity index (χ1) is 9.22. The van der Waals surface area contributed by atoms with Gasteiger partial charge in [0.1, 0.15) is 0 Å². The van der Waals surface area contributed by atoms with E-state index in [0.717, 1.165) is 5.56 Å². The van der Waals surface area contributed by atoms with Crippen LogP contribution < -0.4 is 14.2 Å². The average Bonchev–Trinajstić information content (AvgIpc) is 2.41. The molecular formula is C13H20O6. The zero-order valence-corrected chi connectivity index (χ0v) is 11.7. The van der Waals surface area contributed by atoms with Gasteiger partial charge in [0.25, 0.3) is 0 Å². The fourth-order valence-electron chi connectivity index (χ4n) is 1.43. The highest BCUT2D eigenvalue weighted by molar-refractivity contribution is 5.53. The molecule has 0 saturated carbocycles. The molecule has 0 aliphatic rings. The van der Waals surface area contributed by atoms with Gasteiger partial charge in [-0.05, 0) is 24.6 Å². The minimum Gasteiger partial charge on any atom is -0.464 e. The van der Waals surface area contributed by atoms with E-state index < -0.39 is 0 Å². The van der Waals surface area contributed by atoms with Crippen LogP contribution in [0.4, 0.5) is 0 Å². The third kappa shape index (κ3) is 4.94. The van der Waals surface area contributed by atoms with Crippen molar-refractivity contribution in [3.8, 4) is 17.2 Å². The molecule has 0 fully saturated rings. The molecule has 0 aromatic heterocycles. The molecule has 0 N–H and O–H groups in total. The van der Waals surface area contributed by atoms with Crippen molar-refractivity contribution in [1.82, 2.24) is 0 Å². The highest BCUT2D eigenvalue weighted by atomic mass is 16.7. The van der Waals surface area contributed by atoms with Gasteiger partial charge < -0.3 is 28.4 Å². The lowest BCUT2D eigenvalue weighted by atomic mass is 10.2. The van der Waals surface area contributed by atoms with Crippen molar-refractivity contribution in [2.24, 2.45) is 0 Å². The molecule has 1 aromatic carbocycles. The molecule has 0 aliphatic heterocycles. The van der Waals surface area contributed by atoms with Crippen LogP contribution in [-0.4, -0.2) is 41.7 Å². The van der Waals surface area contributed by atoms with E-state index in [0.29, 0.717) is 17.2 Å². The lowest BCUT2D eigenvalue weighted by molar-refractivity contribution is 0.0217. The second-order valence-corrected chi connectivity index (χ2v) is 3.74. The Morgan fingerprint density at radius 1 is 0.737 bits per heavy atom. The van der Waals surface area contributed by atoms with E-state index in [2.05, 4.69) is 0 Å². The molecule has 0 spiro atoms. The smallest absolute Gasteiger partial charge is 0.206 e. The highest BCUT2D eigenvalue weighted by Gasteiger charge is 2.14. The summed E-state index contributed by atoms with van der Waals surface area (Å²) in [5.41, 5.74) is 0.974. The van der Waals surface area contributed by atoms with Crippen molar-refractivity contribution in [2.45, 2.75) is 6.92 Å². The number of rotatable bonds is 9. The van der Waals surface area contributed by atoms with Crippen molar-refractivity contribution < 1.29 is 28.4 Å². The number of benzene rings is 1.